The number of nitrogens with one attached hydrogen (secondary N) is 1. The molecule has 1 amide bonds. The van der Waals surface area contributed by atoms with Gasteiger partial charge in [0.15, 0.2) is 0 Å². The van der Waals surface area contributed by atoms with E-state index in [0.29, 0.717) is 0 Å². The standard InChI is InChI=1S/C9H18N2O4/c1-4-15-9(13)6(2)11-8(12)7(5-10)14-3/h6-7H,4-5,10H2,1-3H3,(H,11,12). The van der Waals surface area contributed by atoms with Crippen LogP contribution in [0, 0.1) is 0 Å². The largest absolute Gasteiger partial charge is 0.464 e. The summed E-state index contributed by atoms with van der Waals surface area (Å²) >= 11 is 0. The first-order valence-corrected chi connectivity index (χ1v) is 4.76. The predicted molar refractivity (Wildman–Crippen MR) is 54.1 cm³/mol. The highest BCUT2D eigenvalue weighted by molar-refractivity contribution is 5.86. The number of methoxy groups -OCH3 is 1. The van der Waals surface area contributed by atoms with Gasteiger partial charge >= 0.3 is 5.97 Å². The Hall–Kier alpha value is -1.14. The average Bonchev–Trinajstić information content (AvgIpc) is 2.19. The molecule has 0 saturated carbocycles. The highest BCUT2D eigenvalue weighted by Gasteiger charge is 2.21. The van der Waals surface area contributed by atoms with Gasteiger partial charge in [-0.2, -0.15) is 0 Å². The first kappa shape index (κ1) is 13.9. The van der Waals surface area contributed by atoms with Crippen LogP contribution in [0.15, 0.2) is 0 Å². The molecule has 2 atom stereocenters. The smallest absolute Gasteiger partial charge is 0.328 e. The van der Waals surface area contributed by atoms with Crippen LogP contribution in [0.4, 0.5) is 0 Å². The monoisotopic (exact) mass is 218 g/mol. The third-order valence-electron chi connectivity index (χ3n) is 1.79. The topological polar surface area (TPSA) is 90.7 Å². The zero-order chi connectivity index (χ0) is 11.8. The molecule has 0 aromatic rings. The van der Waals surface area contributed by atoms with Crippen molar-refractivity contribution in [1.29, 1.82) is 0 Å². The Labute approximate surface area is 89.1 Å². The van der Waals surface area contributed by atoms with Crippen LogP contribution < -0.4 is 11.1 Å². The molecule has 0 bridgehead atoms. The molecular formula is C9H18N2O4. The van der Waals surface area contributed by atoms with E-state index in [0.717, 1.165) is 0 Å². The summed E-state index contributed by atoms with van der Waals surface area (Å²) in [5.41, 5.74) is 5.29. The van der Waals surface area contributed by atoms with Crippen LogP contribution >= 0.6 is 0 Å². The highest BCUT2D eigenvalue weighted by atomic mass is 16.5. The van der Waals surface area contributed by atoms with Crippen LogP contribution in [0.25, 0.3) is 0 Å². The predicted octanol–water partition coefficient (Wildman–Crippen LogP) is -0.972. The van der Waals surface area contributed by atoms with Crippen molar-refractivity contribution >= 4 is 11.9 Å². The van der Waals surface area contributed by atoms with E-state index in [4.69, 9.17) is 15.2 Å². The Balaban J connectivity index is 4.10. The molecule has 0 aromatic heterocycles. The summed E-state index contributed by atoms with van der Waals surface area (Å²) in [6, 6.07) is -0.693. The number of hydrogen-bond donors (Lipinski definition) is 2. The van der Waals surface area contributed by atoms with Crippen molar-refractivity contribution in [3.05, 3.63) is 0 Å². The van der Waals surface area contributed by atoms with E-state index in [1.165, 1.54) is 7.11 Å². The van der Waals surface area contributed by atoms with Crippen molar-refractivity contribution in [2.45, 2.75) is 26.0 Å². The van der Waals surface area contributed by atoms with Gasteiger partial charge in [0, 0.05) is 13.7 Å². The lowest BCUT2D eigenvalue weighted by atomic mass is 10.3. The third-order valence-corrected chi connectivity index (χ3v) is 1.79. The van der Waals surface area contributed by atoms with E-state index >= 15 is 0 Å². The molecule has 0 heterocycles. The summed E-state index contributed by atoms with van der Waals surface area (Å²) in [6.07, 6.45) is -0.734. The molecule has 3 N–H and O–H groups in total. The first-order valence-electron chi connectivity index (χ1n) is 4.76. The molecule has 0 rings (SSSR count). The lowest BCUT2D eigenvalue weighted by Crippen LogP contribution is -2.47. The molecule has 0 aliphatic heterocycles. The van der Waals surface area contributed by atoms with Crippen molar-refractivity contribution < 1.29 is 19.1 Å². The molecule has 0 fully saturated rings. The molecule has 2 unspecified atom stereocenters. The molecule has 0 aliphatic rings. The summed E-state index contributed by atoms with van der Waals surface area (Å²) in [7, 11) is 1.38. The van der Waals surface area contributed by atoms with Crippen LogP contribution in [-0.2, 0) is 19.1 Å². The minimum atomic E-state index is -0.734. The van der Waals surface area contributed by atoms with Gasteiger partial charge in [0.25, 0.3) is 5.91 Å². The SMILES string of the molecule is CCOC(=O)C(C)NC(=O)C(CN)OC. The number of hydrogen-bond acceptors (Lipinski definition) is 5. The fourth-order valence-corrected chi connectivity index (χ4v) is 0.943. The normalized spacial score (nSPS) is 14.1. The Morgan fingerprint density at radius 1 is 1.47 bits per heavy atom. The first-order chi connectivity index (χ1) is 7.06. The van der Waals surface area contributed by atoms with Gasteiger partial charge in [-0.25, -0.2) is 4.79 Å². The van der Waals surface area contributed by atoms with Crippen molar-refractivity contribution in [3.8, 4) is 0 Å². The zero-order valence-corrected chi connectivity index (χ0v) is 9.28. The molecule has 0 aromatic carbocycles. The Kier molecular flexibility index (Phi) is 6.64. The van der Waals surface area contributed by atoms with Gasteiger partial charge in [0.1, 0.15) is 12.1 Å². The third kappa shape index (κ3) is 4.75. The molecule has 0 aliphatic carbocycles. The summed E-state index contributed by atoms with van der Waals surface area (Å²) in [4.78, 5) is 22.6. The fraction of sp³-hybridized carbons (Fsp3) is 0.778. The van der Waals surface area contributed by atoms with E-state index in [2.05, 4.69) is 5.32 Å². The summed E-state index contributed by atoms with van der Waals surface area (Å²) in [5.74, 6) is -0.890. The van der Waals surface area contributed by atoms with Crippen molar-refractivity contribution in [1.82, 2.24) is 5.32 Å². The maximum atomic E-state index is 11.4. The number of carbonyl (C=O) groups excluding carboxylic acids is 2. The van der Waals surface area contributed by atoms with Gasteiger partial charge in [0.2, 0.25) is 0 Å². The highest BCUT2D eigenvalue weighted by Crippen LogP contribution is 1.92. The van der Waals surface area contributed by atoms with E-state index in [1.807, 2.05) is 0 Å². The van der Waals surface area contributed by atoms with E-state index < -0.39 is 24.0 Å². The Bertz CT molecular complexity index is 216. The van der Waals surface area contributed by atoms with Crippen LogP contribution in [0.5, 0.6) is 0 Å². The Morgan fingerprint density at radius 2 is 2.07 bits per heavy atom. The minimum Gasteiger partial charge on any atom is -0.464 e. The zero-order valence-electron chi connectivity index (χ0n) is 9.28. The fourth-order valence-electron chi connectivity index (χ4n) is 0.943. The van der Waals surface area contributed by atoms with E-state index in [1.54, 1.807) is 13.8 Å². The number of rotatable bonds is 6. The van der Waals surface area contributed by atoms with Crippen LogP contribution in [-0.4, -0.2) is 44.3 Å². The summed E-state index contributed by atoms with van der Waals surface area (Å²) in [6.45, 7) is 3.59. The van der Waals surface area contributed by atoms with E-state index in [-0.39, 0.29) is 13.2 Å². The number of amides is 1. The van der Waals surface area contributed by atoms with Crippen LogP contribution in [0.3, 0.4) is 0 Å². The van der Waals surface area contributed by atoms with Gasteiger partial charge in [0.05, 0.1) is 6.61 Å². The molecule has 6 nitrogen and oxygen atoms in total. The molecule has 88 valence electrons. The molecule has 0 saturated heterocycles. The molecular weight excluding hydrogens is 200 g/mol. The molecule has 6 heteroatoms. The van der Waals surface area contributed by atoms with Crippen molar-refractivity contribution in [2.75, 3.05) is 20.3 Å². The van der Waals surface area contributed by atoms with Gasteiger partial charge in [-0.3, -0.25) is 4.79 Å². The molecule has 0 spiro atoms. The molecule has 15 heavy (non-hydrogen) atoms. The van der Waals surface area contributed by atoms with Crippen LogP contribution in [0.1, 0.15) is 13.8 Å². The van der Waals surface area contributed by atoms with Gasteiger partial charge in [-0.05, 0) is 13.8 Å². The second-order valence-corrected chi connectivity index (χ2v) is 2.94. The quantitative estimate of drug-likeness (QED) is 0.560. The summed E-state index contributed by atoms with van der Waals surface area (Å²) < 4.78 is 9.54. The second-order valence-electron chi connectivity index (χ2n) is 2.94. The molecule has 0 radical (unpaired) electrons. The Morgan fingerprint density at radius 3 is 2.47 bits per heavy atom. The number of esters is 1. The lowest BCUT2D eigenvalue weighted by molar-refractivity contribution is -0.148. The number of carbonyl (C=O) groups is 2. The van der Waals surface area contributed by atoms with Gasteiger partial charge in [-0.1, -0.05) is 0 Å². The maximum absolute atomic E-state index is 11.4. The number of ether oxygens (including phenoxy) is 2. The van der Waals surface area contributed by atoms with Crippen molar-refractivity contribution in [2.24, 2.45) is 5.73 Å². The van der Waals surface area contributed by atoms with Gasteiger partial charge < -0.3 is 20.5 Å². The van der Waals surface area contributed by atoms with Gasteiger partial charge in [-0.15, -0.1) is 0 Å². The lowest BCUT2D eigenvalue weighted by Gasteiger charge is -2.16. The average molecular weight is 218 g/mol. The summed E-state index contributed by atoms with van der Waals surface area (Å²) in [5, 5.41) is 2.45. The van der Waals surface area contributed by atoms with Crippen molar-refractivity contribution in [3.63, 3.8) is 0 Å². The second kappa shape index (κ2) is 7.19. The minimum absolute atomic E-state index is 0.0673. The number of nitrogens with two attached hydrogens (primary N) is 1. The van der Waals surface area contributed by atoms with Crippen LogP contribution in [0.2, 0.25) is 0 Å². The maximum Gasteiger partial charge on any atom is 0.328 e. The van der Waals surface area contributed by atoms with E-state index in [9.17, 15) is 9.59 Å².